The molecule has 1 aliphatic carbocycles. The van der Waals surface area contributed by atoms with Crippen molar-refractivity contribution >= 4 is 11.9 Å². The number of nitrogens with zero attached hydrogens (tertiary/aromatic N) is 1. The van der Waals surface area contributed by atoms with Crippen LogP contribution < -0.4 is 0 Å². The Kier molecular flexibility index (Phi) is 6.01. The third kappa shape index (κ3) is 5.71. The van der Waals surface area contributed by atoms with Crippen molar-refractivity contribution in [3.8, 4) is 0 Å². The van der Waals surface area contributed by atoms with E-state index < -0.39 is 5.97 Å². The standard InChI is InChI=1S/C13H23NO3/c1-2-3-10-14(11-8-9-11)12(15)6-4-5-7-13(16)17/h11H,2-10H2,1H3,(H,16,17). The van der Waals surface area contributed by atoms with Gasteiger partial charge in [0.25, 0.3) is 0 Å². The Morgan fingerprint density at radius 3 is 2.35 bits per heavy atom. The molecule has 0 aromatic heterocycles. The van der Waals surface area contributed by atoms with Crippen molar-refractivity contribution < 1.29 is 14.7 Å². The third-order valence-electron chi connectivity index (χ3n) is 3.09. The Hall–Kier alpha value is -1.06. The molecular formula is C13H23NO3. The van der Waals surface area contributed by atoms with E-state index in [1.807, 2.05) is 4.90 Å². The van der Waals surface area contributed by atoms with Crippen LogP contribution in [-0.4, -0.2) is 34.5 Å². The predicted molar refractivity (Wildman–Crippen MR) is 65.7 cm³/mol. The molecule has 1 aliphatic rings. The first-order valence-electron chi connectivity index (χ1n) is 6.66. The normalized spacial score (nSPS) is 14.6. The molecule has 17 heavy (non-hydrogen) atoms. The Balaban J connectivity index is 2.20. The zero-order valence-electron chi connectivity index (χ0n) is 10.7. The highest BCUT2D eigenvalue weighted by molar-refractivity contribution is 5.77. The van der Waals surface area contributed by atoms with Gasteiger partial charge in [-0.15, -0.1) is 0 Å². The molecule has 4 nitrogen and oxygen atoms in total. The summed E-state index contributed by atoms with van der Waals surface area (Å²) < 4.78 is 0. The molecule has 1 fully saturated rings. The quantitative estimate of drug-likeness (QED) is 0.631. The van der Waals surface area contributed by atoms with Gasteiger partial charge in [0.15, 0.2) is 0 Å². The highest BCUT2D eigenvalue weighted by Gasteiger charge is 2.31. The van der Waals surface area contributed by atoms with Crippen LogP contribution in [0.5, 0.6) is 0 Å². The van der Waals surface area contributed by atoms with Crippen LogP contribution in [0.1, 0.15) is 58.3 Å². The van der Waals surface area contributed by atoms with E-state index in [0.717, 1.165) is 32.2 Å². The predicted octanol–water partition coefficient (Wildman–Crippen LogP) is 2.42. The summed E-state index contributed by atoms with van der Waals surface area (Å²) in [5.74, 6) is -0.561. The number of carbonyl (C=O) groups is 2. The number of carboxylic acid groups (broad SMARTS) is 1. The van der Waals surface area contributed by atoms with Crippen molar-refractivity contribution in [2.24, 2.45) is 0 Å². The Morgan fingerprint density at radius 1 is 1.18 bits per heavy atom. The molecule has 0 aromatic rings. The van der Waals surface area contributed by atoms with Crippen LogP contribution in [0.25, 0.3) is 0 Å². The minimum absolute atomic E-state index is 0.172. The maximum Gasteiger partial charge on any atom is 0.303 e. The van der Waals surface area contributed by atoms with Gasteiger partial charge in [-0.3, -0.25) is 9.59 Å². The fourth-order valence-electron chi connectivity index (χ4n) is 1.92. The molecular weight excluding hydrogens is 218 g/mol. The molecule has 0 atom stereocenters. The number of carboxylic acids is 1. The van der Waals surface area contributed by atoms with Crippen molar-refractivity contribution in [3.63, 3.8) is 0 Å². The maximum atomic E-state index is 12.0. The van der Waals surface area contributed by atoms with Gasteiger partial charge in [0, 0.05) is 25.4 Å². The Labute approximate surface area is 103 Å². The number of rotatable bonds is 9. The van der Waals surface area contributed by atoms with Crippen LogP contribution in [0, 0.1) is 0 Å². The van der Waals surface area contributed by atoms with Gasteiger partial charge in [0.1, 0.15) is 0 Å². The van der Waals surface area contributed by atoms with Crippen LogP contribution in [0.3, 0.4) is 0 Å². The Bertz CT molecular complexity index is 261. The summed E-state index contributed by atoms with van der Waals surface area (Å²) in [6.07, 6.45) is 6.44. The summed E-state index contributed by atoms with van der Waals surface area (Å²) in [7, 11) is 0. The summed E-state index contributed by atoms with van der Waals surface area (Å²) in [4.78, 5) is 24.3. The molecule has 0 radical (unpaired) electrons. The van der Waals surface area contributed by atoms with Crippen LogP contribution in [0.15, 0.2) is 0 Å². The fraction of sp³-hybridized carbons (Fsp3) is 0.846. The van der Waals surface area contributed by atoms with E-state index in [9.17, 15) is 9.59 Å². The zero-order valence-corrected chi connectivity index (χ0v) is 10.7. The van der Waals surface area contributed by atoms with Gasteiger partial charge in [0.2, 0.25) is 5.91 Å². The lowest BCUT2D eigenvalue weighted by Crippen LogP contribution is -2.33. The summed E-state index contributed by atoms with van der Waals surface area (Å²) in [6.45, 7) is 3.00. The van der Waals surface area contributed by atoms with E-state index >= 15 is 0 Å². The molecule has 98 valence electrons. The maximum absolute atomic E-state index is 12.0. The van der Waals surface area contributed by atoms with Crippen LogP contribution in [0.2, 0.25) is 0 Å². The molecule has 0 spiro atoms. The number of hydrogen-bond acceptors (Lipinski definition) is 2. The molecule has 1 amide bonds. The molecule has 0 unspecified atom stereocenters. The molecule has 0 heterocycles. The van der Waals surface area contributed by atoms with Crippen LogP contribution in [0.4, 0.5) is 0 Å². The SMILES string of the molecule is CCCCN(C(=O)CCCCC(=O)O)C1CC1. The van der Waals surface area contributed by atoms with Gasteiger partial charge in [-0.05, 0) is 32.1 Å². The van der Waals surface area contributed by atoms with E-state index in [1.165, 1.54) is 0 Å². The van der Waals surface area contributed by atoms with E-state index in [-0.39, 0.29) is 12.3 Å². The molecule has 0 aliphatic heterocycles. The fourth-order valence-corrected chi connectivity index (χ4v) is 1.92. The molecule has 0 bridgehead atoms. The van der Waals surface area contributed by atoms with Gasteiger partial charge in [-0.2, -0.15) is 0 Å². The molecule has 1 saturated carbocycles. The minimum atomic E-state index is -0.775. The number of carbonyl (C=O) groups excluding carboxylic acids is 1. The van der Waals surface area contributed by atoms with Crippen LogP contribution >= 0.6 is 0 Å². The van der Waals surface area contributed by atoms with Crippen molar-refractivity contribution in [2.75, 3.05) is 6.54 Å². The highest BCUT2D eigenvalue weighted by atomic mass is 16.4. The van der Waals surface area contributed by atoms with Crippen molar-refractivity contribution in [2.45, 2.75) is 64.3 Å². The molecule has 1 rings (SSSR count). The van der Waals surface area contributed by atoms with Gasteiger partial charge in [0.05, 0.1) is 0 Å². The number of aliphatic carboxylic acids is 1. The lowest BCUT2D eigenvalue weighted by atomic mass is 10.1. The lowest BCUT2D eigenvalue weighted by molar-refractivity contribution is -0.137. The topological polar surface area (TPSA) is 57.6 Å². The Morgan fingerprint density at radius 2 is 1.82 bits per heavy atom. The summed E-state index contributed by atoms with van der Waals surface area (Å²) in [5, 5.41) is 8.51. The van der Waals surface area contributed by atoms with Crippen molar-refractivity contribution in [1.29, 1.82) is 0 Å². The number of hydrogen-bond donors (Lipinski definition) is 1. The van der Waals surface area contributed by atoms with Gasteiger partial charge < -0.3 is 10.0 Å². The summed E-state index contributed by atoms with van der Waals surface area (Å²) >= 11 is 0. The van der Waals surface area contributed by atoms with E-state index in [4.69, 9.17) is 5.11 Å². The first kappa shape index (κ1) is 14.0. The second-order valence-corrected chi connectivity index (χ2v) is 4.77. The van der Waals surface area contributed by atoms with Crippen molar-refractivity contribution in [1.82, 2.24) is 4.90 Å². The largest absolute Gasteiger partial charge is 0.481 e. The van der Waals surface area contributed by atoms with Gasteiger partial charge >= 0.3 is 5.97 Å². The average Bonchev–Trinajstić information content (AvgIpc) is 3.09. The van der Waals surface area contributed by atoms with E-state index in [1.54, 1.807) is 0 Å². The average molecular weight is 241 g/mol. The summed E-state index contributed by atoms with van der Waals surface area (Å²) in [5.41, 5.74) is 0. The number of unbranched alkanes of at least 4 members (excludes halogenated alkanes) is 2. The molecule has 4 heteroatoms. The minimum Gasteiger partial charge on any atom is -0.481 e. The van der Waals surface area contributed by atoms with E-state index in [0.29, 0.717) is 25.3 Å². The summed E-state index contributed by atoms with van der Waals surface area (Å²) in [6, 6.07) is 0.480. The van der Waals surface area contributed by atoms with Crippen LogP contribution in [-0.2, 0) is 9.59 Å². The highest BCUT2D eigenvalue weighted by Crippen LogP contribution is 2.28. The zero-order chi connectivity index (χ0) is 12.7. The van der Waals surface area contributed by atoms with Gasteiger partial charge in [-0.1, -0.05) is 13.3 Å². The second-order valence-electron chi connectivity index (χ2n) is 4.77. The molecule has 1 N–H and O–H groups in total. The first-order valence-corrected chi connectivity index (χ1v) is 6.66. The third-order valence-corrected chi connectivity index (χ3v) is 3.09. The van der Waals surface area contributed by atoms with E-state index in [2.05, 4.69) is 6.92 Å². The van der Waals surface area contributed by atoms with Crippen molar-refractivity contribution in [3.05, 3.63) is 0 Å². The second kappa shape index (κ2) is 7.30. The monoisotopic (exact) mass is 241 g/mol. The lowest BCUT2D eigenvalue weighted by Gasteiger charge is -2.22. The molecule has 0 saturated heterocycles. The first-order chi connectivity index (χ1) is 8.15. The molecule has 0 aromatic carbocycles. The smallest absolute Gasteiger partial charge is 0.303 e. The van der Waals surface area contributed by atoms with Gasteiger partial charge in [-0.25, -0.2) is 0 Å². The number of amides is 1.